The number of ether oxygens (including phenoxy) is 2. The number of carboxylic acids is 1. The zero-order valence-corrected chi connectivity index (χ0v) is 13.4. The number of amides is 1. The van der Waals surface area contributed by atoms with Crippen molar-refractivity contribution in [2.45, 2.75) is 39.0 Å². The van der Waals surface area contributed by atoms with Crippen molar-refractivity contribution in [2.24, 2.45) is 0 Å². The number of alkyl halides is 3. The lowest BCUT2D eigenvalue weighted by Gasteiger charge is -2.20. The molecule has 2 N–H and O–H groups in total. The van der Waals surface area contributed by atoms with Crippen LogP contribution in [0.1, 0.15) is 26.3 Å². The predicted molar refractivity (Wildman–Crippen MR) is 79.2 cm³/mol. The molecule has 1 aromatic rings. The normalized spacial score (nSPS) is 11.8. The summed E-state index contributed by atoms with van der Waals surface area (Å²) in [7, 11) is 0. The van der Waals surface area contributed by atoms with Gasteiger partial charge in [0.1, 0.15) is 11.4 Å². The van der Waals surface area contributed by atoms with E-state index in [0.717, 1.165) is 6.07 Å². The summed E-state index contributed by atoms with van der Waals surface area (Å²) in [6.45, 7) is 3.39. The van der Waals surface area contributed by atoms with Crippen molar-refractivity contribution in [3.63, 3.8) is 0 Å². The maximum atomic E-state index is 12.3. The van der Waals surface area contributed by atoms with Crippen molar-refractivity contribution in [3.8, 4) is 5.75 Å². The largest absolute Gasteiger partial charge is 0.484 e. The molecule has 0 saturated carbocycles. The van der Waals surface area contributed by atoms with Crippen molar-refractivity contribution in [2.75, 3.05) is 11.9 Å². The second-order valence-electron chi connectivity index (χ2n) is 5.92. The Morgan fingerprint density at radius 1 is 1.21 bits per heavy atom. The molecular weight excluding hydrogens is 331 g/mol. The maximum absolute atomic E-state index is 12.3. The van der Waals surface area contributed by atoms with Crippen molar-refractivity contribution in [1.29, 1.82) is 0 Å². The van der Waals surface area contributed by atoms with E-state index in [2.05, 4.69) is 10.1 Å². The standard InChI is InChI=1S/C15H18F3NO5/c1-14(2,3)24-13(22)19-10-5-4-9(6-12(20)21)11(7-10)23-8-15(16,17)18/h4-5,7H,6,8H2,1-3H3,(H,19,22)(H,20,21). The second kappa shape index (κ2) is 7.41. The summed E-state index contributed by atoms with van der Waals surface area (Å²) in [4.78, 5) is 22.4. The van der Waals surface area contributed by atoms with Crippen molar-refractivity contribution in [1.82, 2.24) is 0 Å². The Morgan fingerprint density at radius 2 is 1.83 bits per heavy atom. The molecule has 24 heavy (non-hydrogen) atoms. The molecule has 0 aliphatic heterocycles. The van der Waals surface area contributed by atoms with Gasteiger partial charge in [0, 0.05) is 17.3 Å². The first-order valence-electron chi connectivity index (χ1n) is 6.90. The number of carboxylic acid groups (broad SMARTS) is 1. The lowest BCUT2D eigenvalue weighted by molar-refractivity contribution is -0.153. The van der Waals surface area contributed by atoms with Gasteiger partial charge >= 0.3 is 18.2 Å². The Kier molecular flexibility index (Phi) is 6.05. The molecular formula is C15H18F3NO5. The molecule has 6 nitrogen and oxygen atoms in total. The number of hydrogen-bond donors (Lipinski definition) is 2. The SMILES string of the molecule is CC(C)(C)OC(=O)Nc1ccc(CC(=O)O)c(OCC(F)(F)F)c1. The van der Waals surface area contributed by atoms with Crippen molar-refractivity contribution >= 4 is 17.7 Å². The number of carbonyl (C=O) groups is 2. The summed E-state index contributed by atoms with van der Waals surface area (Å²) in [5.41, 5.74) is -0.569. The number of benzene rings is 1. The average Bonchev–Trinajstić information content (AvgIpc) is 2.35. The van der Waals surface area contributed by atoms with Crippen LogP contribution < -0.4 is 10.1 Å². The number of carbonyl (C=O) groups excluding carboxylic acids is 1. The quantitative estimate of drug-likeness (QED) is 0.848. The Bertz CT molecular complexity index is 608. The summed E-state index contributed by atoms with van der Waals surface area (Å²) in [5.74, 6) is -1.50. The van der Waals surface area contributed by atoms with Gasteiger partial charge in [0.25, 0.3) is 0 Å². The molecule has 0 aliphatic carbocycles. The van der Waals surface area contributed by atoms with Crippen LogP contribution in [0.15, 0.2) is 18.2 Å². The Hall–Kier alpha value is -2.45. The zero-order chi connectivity index (χ0) is 18.5. The van der Waals surface area contributed by atoms with Gasteiger partial charge in [-0.05, 0) is 26.8 Å². The summed E-state index contributed by atoms with van der Waals surface area (Å²) >= 11 is 0. The number of nitrogens with one attached hydrogen (secondary N) is 1. The van der Waals surface area contributed by atoms with Gasteiger partial charge in [0.05, 0.1) is 6.42 Å². The molecule has 1 rings (SSSR count). The maximum Gasteiger partial charge on any atom is 0.422 e. The van der Waals surface area contributed by atoms with E-state index in [1.54, 1.807) is 20.8 Å². The molecule has 0 spiro atoms. The van der Waals surface area contributed by atoms with Crippen LogP contribution in [-0.2, 0) is 16.0 Å². The topological polar surface area (TPSA) is 84.9 Å². The lowest BCUT2D eigenvalue weighted by Crippen LogP contribution is -2.27. The fourth-order valence-corrected chi connectivity index (χ4v) is 1.66. The predicted octanol–water partition coefficient (Wildman–Crippen LogP) is 3.60. The van der Waals surface area contributed by atoms with Crippen LogP contribution >= 0.6 is 0 Å². The van der Waals surface area contributed by atoms with Crippen LogP contribution in [0, 0.1) is 0 Å². The number of halogens is 3. The van der Waals surface area contributed by atoms with Gasteiger partial charge in [-0.3, -0.25) is 10.1 Å². The van der Waals surface area contributed by atoms with Gasteiger partial charge in [0.2, 0.25) is 0 Å². The number of hydrogen-bond acceptors (Lipinski definition) is 4. The van der Waals surface area contributed by atoms with Gasteiger partial charge in [-0.15, -0.1) is 0 Å². The van der Waals surface area contributed by atoms with E-state index in [4.69, 9.17) is 9.84 Å². The molecule has 9 heteroatoms. The minimum Gasteiger partial charge on any atom is -0.484 e. The van der Waals surface area contributed by atoms with Crippen LogP contribution in [0.4, 0.5) is 23.7 Å². The first-order valence-corrected chi connectivity index (χ1v) is 6.90. The van der Waals surface area contributed by atoms with E-state index in [-0.39, 0.29) is 17.0 Å². The van der Waals surface area contributed by atoms with Crippen LogP contribution in [-0.4, -0.2) is 35.6 Å². The van der Waals surface area contributed by atoms with Crippen molar-refractivity contribution < 1.29 is 37.3 Å². The third-order valence-corrected chi connectivity index (χ3v) is 2.45. The minimum atomic E-state index is -4.57. The molecule has 134 valence electrons. The second-order valence-corrected chi connectivity index (χ2v) is 5.92. The molecule has 0 aliphatic rings. The Labute approximate surface area is 136 Å². The minimum absolute atomic E-state index is 0.0569. The molecule has 0 heterocycles. The van der Waals surface area contributed by atoms with Gasteiger partial charge in [0.15, 0.2) is 6.61 Å². The Balaban J connectivity index is 2.95. The highest BCUT2D eigenvalue weighted by molar-refractivity contribution is 5.85. The number of rotatable bonds is 5. The highest BCUT2D eigenvalue weighted by Crippen LogP contribution is 2.27. The summed E-state index contributed by atoms with van der Waals surface area (Å²) in [6.07, 6.45) is -5.88. The number of anilines is 1. The van der Waals surface area contributed by atoms with Crippen LogP contribution in [0.5, 0.6) is 5.75 Å². The molecule has 1 aromatic carbocycles. The molecule has 1 amide bonds. The third kappa shape index (κ3) is 7.70. The fraction of sp³-hybridized carbons (Fsp3) is 0.467. The fourth-order valence-electron chi connectivity index (χ4n) is 1.66. The summed E-state index contributed by atoms with van der Waals surface area (Å²) < 4.78 is 46.6. The first-order chi connectivity index (χ1) is 10.9. The first kappa shape index (κ1) is 19.6. The van der Waals surface area contributed by atoms with Gasteiger partial charge < -0.3 is 14.6 Å². The molecule has 0 aromatic heterocycles. The van der Waals surface area contributed by atoms with E-state index in [1.807, 2.05) is 0 Å². The number of aliphatic carboxylic acids is 1. The molecule has 0 fully saturated rings. The Morgan fingerprint density at radius 3 is 2.33 bits per heavy atom. The summed E-state index contributed by atoms with van der Waals surface area (Å²) in [5, 5.41) is 11.1. The average molecular weight is 349 g/mol. The van der Waals surface area contributed by atoms with E-state index >= 15 is 0 Å². The van der Waals surface area contributed by atoms with Gasteiger partial charge in [-0.1, -0.05) is 6.07 Å². The molecule has 0 saturated heterocycles. The van der Waals surface area contributed by atoms with E-state index in [1.165, 1.54) is 12.1 Å². The van der Waals surface area contributed by atoms with Gasteiger partial charge in [-0.25, -0.2) is 4.79 Å². The van der Waals surface area contributed by atoms with E-state index < -0.39 is 36.9 Å². The molecule has 0 bridgehead atoms. The van der Waals surface area contributed by atoms with Gasteiger partial charge in [-0.2, -0.15) is 13.2 Å². The zero-order valence-electron chi connectivity index (χ0n) is 13.4. The smallest absolute Gasteiger partial charge is 0.422 e. The van der Waals surface area contributed by atoms with Crippen LogP contribution in [0.2, 0.25) is 0 Å². The van der Waals surface area contributed by atoms with Crippen molar-refractivity contribution in [3.05, 3.63) is 23.8 Å². The molecule has 0 unspecified atom stereocenters. The van der Waals surface area contributed by atoms with Crippen LogP contribution in [0.3, 0.4) is 0 Å². The summed E-state index contributed by atoms with van der Waals surface area (Å²) in [6, 6.07) is 3.74. The van der Waals surface area contributed by atoms with Crippen LogP contribution in [0.25, 0.3) is 0 Å². The lowest BCUT2D eigenvalue weighted by atomic mass is 10.1. The van der Waals surface area contributed by atoms with E-state index in [0.29, 0.717) is 0 Å². The highest BCUT2D eigenvalue weighted by Gasteiger charge is 2.29. The third-order valence-electron chi connectivity index (χ3n) is 2.45. The molecule has 0 atom stereocenters. The monoisotopic (exact) mass is 349 g/mol. The van der Waals surface area contributed by atoms with E-state index in [9.17, 15) is 22.8 Å². The highest BCUT2D eigenvalue weighted by atomic mass is 19.4. The molecule has 0 radical (unpaired) electrons.